The van der Waals surface area contributed by atoms with Gasteiger partial charge in [0.25, 0.3) is 0 Å². The maximum atomic E-state index is 12.9. The van der Waals surface area contributed by atoms with Gasteiger partial charge in [-0.15, -0.1) is 0 Å². The normalized spacial score (nSPS) is 28.6. The van der Waals surface area contributed by atoms with E-state index in [2.05, 4.69) is 11.4 Å². The molecule has 4 nitrogen and oxygen atoms in total. The summed E-state index contributed by atoms with van der Waals surface area (Å²) in [5, 5.41) is 3.39. The second-order valence-corrected chi connectivity index (χ2v) is 7.89. The Morgan fingerprint density at radius 3 is 2.84 bits per heavy atom. The SMILES string of the molecule is CC1=C(C(=O)OCC2CCCCC2)[C@H]2C[C@@](C)(N1)Oc1ccccc12. The van der Waals surface area contributed by atoms with Crippen molar-refractivity contribution in [2.75, 3.05) is 6.61 Å². The number of nitrogens with one attached hydrogen (secondary N) is 1. The van der Waals surface area contributed by atoms with Crippen molar-refractivity contribution in [1.29, 1.82) is 0 Å². The summed E-state index contributed by atoms with van der Waals surface area (Å²) >= 11 is 0. The lowest BCUT2D eigenvalue weighted by Crippen LogP contribution is -2.54. The quantitative estimate of drug-likeness (QED) is 0.834. The third kappa shape index (κ3) is 3.14. The van der Waals surface area contributed by atoms with Gasteiger partial charge in [-0.25, -0.2) is 4.79 Å². The number of esters is 1. The Bertz CT molecular complexity index is 705. The number of allylic oxidation sites excluding steroid dienone is 1. The number of carbonyl (C=O) groups excluding carboxylic acids is 1. The maximum Gasteiger partial charge on any atom is 0.336 e. The van der Waals surface area contributed by atoms with Gasteiger partial charge in [0, 0.05) is 23.6 Å². The van der Waals surface area contributed by atoms with Gasteiger partial charge in [-0.05, 0) is 38.7 Å². The number of ether oxygens (including phenoxy) is 2. The third-order valence-corrected chi connectivity index (χ3v) is 5.82. The van der Waals surface area contributed by atoms with E-state index in [0.29, 0.717) is 12.5 Å². The van der Waals surface area contributed by atoms with Crippen LogP contribution in [0, 0.1) is 5.92 Å². The number of hydrogen-bond donors (Lipinski definition) is 1. The van der Waals surface area contributed by atoms with Gasteiger partial charge in [0.05, 0.1) is 12.2 Å². The number of para-hydroxylation sites is 1. The van der Waals surface area contributed by atoms with E-state index in [9.17, 15) is 4.79 Å². The zero-order valence-corrected chi connectivity index (χ0v) is 15.1. The average Bonchev–Trinajstić information content (AvgIpc) is 2.60. The average molecular weight is 341 g/mol. The molecule has 2 atom stereocenters. The first-order valence-corrected chi connectivity index (χ1v) is 9.50. The fourth-order valence-electron chi connectivity index (χ4n) is 4.63. The van der Waals surface area contributed by atoms with Crippen LogP contribution in [0.25, 0.3) is 0 Å². The summed E-state index contributed by atoms with van der Waals surface area (Å²) in [6, 6.07) is 8.02. The number of fused-ring (bicyclic) bond motifs is 4. The summed E-state index contributed by atoms with van der Waals surface area (Å²) < 4.78 is 11.9. The van der Waals surface area contributed by atoms with Crippen LogP contribution in [0.2, 0.25) is 0 Å². The van der Waals surface area contributed by atoms with Gasteiger partial charge in [0.15, 0.2) is 5.72 Å². The van der Waals surface area contributed by atoms with Crippen LogP contribution in [0.3, 0.4) is 0 Å². The molecule has 3 aliphatic rings. The van der Waals surface area contributed by atoms with E-state index in [1.54, 1.807) is 0 Å². The van der Waals surface area contributed by atoms with Gasteiger partial charge < -0.3 is 14.8 Å². The summed E-state index contributed by atoms with van der Waals surface area (Å²) in [6.45, 7) is 4.56. The molecular formula is C21H27NO3. The molecule has 0 amide bonds. The number of benzene rings is 1. The molecule has 1 saturated carbocycles. The van der Waals surface area contributed by atoms with Crippen LogP contribution in [0.4, 0.5) is 0 Å². The minimum absolute atomic E-state index is 0.0371. The molecule has 0 saturated heterocycles. The Morgan fingerprint density at radius 2 is 2.04 bits per heavy atom. The fraction of sp³-hybridized carbons (Fsp3) is 0.571. The molecule has 0 spiro atoms. The van der Waals surface area contributed by atoms with E-state index in [-0.39, 0.29) is 11.9 Å². The van der Waals surface area contributed by atoms with Crippen LogP contribution >= 0.6 is 0 Å². The van der Waals surface area contributed by atoms with Crippen molar-refractivity contribution in [2.24, 2.45) is 5.92 Å². The largest absolute Gasteiger partial charge is 0.468 e. The second kappa shape index (κ2) is 6.40. The van der Waals surface area contributed by atoms with Crippen molar-refractivity contribution < 1.29 is 14.3 Å². The molecule has 25 heavy (non-hydrogen) atoms. The van der Waals surface area contributed by atoms with E-state index < -0.39 is 5.72 Å². The summed E-state index contributed by atoms with van der Waals surface area (Å²) in [7, 11) is 0. The van der Waals surface area contributed by atoms with Gasteiger partial charge in [-0.2, -0.15) is 0 Å². The van der Waals surface area contributed by atoms with Gasteiger partial charge in [-0.1, -0.05) is 37.5 Å². The summed E-state index contributed by atoms with van der Waals surface area (Å²) in [5.41, 5.74) is 2.27. The predicted molar refractivity (Wildman–Crippen MR) is 96.2 cm³/mol. The molecular weight excluding hydrogens is 314 g/mol. The number of carbonyl (C=O) groups is 1. The molecule has 2 aliphatic heterocycles. The summed E-state index contributed by atoms with van der Waals surface area (Å²) in [6.07, 6.45) is 6.95. The highest BCUT2D eigenvalue weighted by Gasteiger charge is 2.45. The molecule has 134 valence electrons. The topological polar surface area (TPSA) is 47.6 Å². The molecule has 2 heterocycles. The number of hydrogen-bond acceptors (Lipinski definition) is 4. The molecule has 2 bridgehead atoms. The monoisotopic (exact) mass is 341 g/mol. The van der Waals surface area contributed by atoms with E-state index in [0.717, 1.165) is 29.0 Å². The molecule has 4 rings (SSSR count). The molecule has 0 aromatic heterocycles. The highest BCUT2D eigenvalue weighted by atomic mass is 16.5. The van der Waals surface area contributed by atoms with E-state index in [4.69, 9.17) is 9.47 Å². The first-order valence-electron chi connectivity index (χ1n) is 9.50. The summed E-state index contributed by atoms with van der Waals surface area (Å²) in [5.74, 6) is 1.26. The van der Waals surface area contributed by atoms with E-state index >= 15 is 0 Å². The Morgan fingerprint density at radius 1 is 1.28 bits per heavy atom. The number of rotatable bonds is 3. The van der Waals surface area contributed by atoms with E-state index in [1.165, 1.54) is 32.1 Å². The highest BCUT2D eigenvalue weighted by Crippen LogP contribution is 2.47. The van der Waals surface area contributed by atoms with Crippen LogP contribution in [-0.4, -0.2) is 18.3 Å². The fourth-order valence-corrected chi connectivity index (χ4v) is 4.63. The first kappa shape index (κ1) is 16.5. The lowest BCUT2D eigenvalue weighted by Gasteiger charge is -2.45. The second-order valence-electron chi connectivity index (χ2n) is 7.89. The van der Waals surface area contributed by atoms with Crippen molar-refractivity contribution in [1.82, 2.24) is 5.32 Å². The standard InChI is InChI=1S/C21H27NO3/c1-14-19(20(23)24-13-15-8-4-3-5-9-15)17-12-21(2,22-14)25-18-11-7-6-10-16(17)18/h6-7,10-11,15,17,22H,3-5,8-9,12-13H2,1-2H3/t17-,21-/m0/s1. The Balaban J connectivity index is 1.56. The minimum Gasteiger partial charge on any atom is -0.468 e. The van der Waals surface area contributed by atoms with Gasteiger partial charge in [0.1, 0.15) is 5.75 Å². The van der Waals surface area contributed by atoms with Crippen LogP contribution in [-0.2, 0) is 9.53 Å². The Hall–Kier alpha value is -1.97. The predicted octanol–water partition coefficient (Wildman–Crippen LogP) is 4.27. The van der Waals surface area contributed by atoms with Crippen molar-refractivity contribution in [2.45, 2.75) is 64.0 Å². The molecule has 1 aliphatic carbocycles. The summed E-state index contributed by atoms with van der Waals surface area (Å²) in [4.78, 5) is 12.9. The molecule has 4 heteroatoms. The third-order valence-electron chi connectivity index (χ3n) is 5.82. The Kier molecular flexibility index (Phi) is 4.22. The Labute approximate surface area is 149 Å². The van der Waals surface area contributed by atoms with Crippen LogP contribution < -0.4 is 10.1 Å². The van der Waals surface area contributed by atoms with Crippen LogP contribution in [0.15, 0.2) is 35.5 Å². The molecule has 0 radical (unpaired) electrons. The minimum atomic E-state index is -0.462. The lowest BCUT2D eigenvalue weighted by molar-refractivity contribution is -0.141. The van der Waals surface area contributed by atoms with Crippen molar-refractivity contribution in [3.05, 3.63) is 41.1 Å². The molecule has 1 fully saturated rings. The first-order chi connectivity index (χ1) is 12.1. The zero-order valence-electron chi connectivity index (χ0n) is 15.1. The molecule has 0 unspecified atom stereocenters. The van der Waals surface area contributed by atoms with Crippen molar-refractivity contribution in [3.8, 4) is 5.75 Å². The van der Waals surface area contributed by atoms with Crippen LogP contribution in [0.1, 0.15) is 63.9 Å². The molecule has 1 aromatic rings. The van der Waals surface area contributed by atoms with Gasteiger partial charge in [0.2, 0.25) is 0 Å². The van der Waals surface area contributed by atoms with Gasteiger partial charge >= 0.3 is 5.97 Å². The smallest absolute Gasteiger partial charge is 0.336 e. The van der Waals surface area contributed by atoms with Crippen molar-refractivity contribution in [3.63, 3.8) is 0 Å². The van der Waals surface area contributed by atoms with Gasteiger partial charge in [-0.3, -0.25) is 0 Å². The zero-order chi connectivity index (χ0) is 17.4. The molecule has 1 aromatic carbocycles. The van der Waals surface area contributed by atoms with Crippen molar-refractivity contribution >= 4 is 5.97 Å². The maximum absolute atomic E-state index is 12.9. The molecule has 1 N–H and O–H groups in total. The van der Waals surface area contributed by atoms with Crippen LogP contribution in [0.5, 0.6) is 5.75 Å². The highest BCUT2D eigenvalue weighted by molar-refractivity contribution is 5.91. The lowest BCUT2D eigenvalue weighted by atomic mass is 9.78. The van der Waals surface area contributed by atoms with E-state index in [1.807, 2.05) is 32.0 Å².